The number of nitrogens with one attached hydrogen (secondary N) is 2. The van der Waals surface area contributed by atoms with Gasteiger partial charge in [-0.1, -0.05) is 23.9 Å². The van der Waals surface area contributed by atoms with Crippen LogP contribution < -0.4 is 10.9 Å². The van der Waals surface area contributed by atoms with E-state index < -0.39 is 0 Å². The van der Waals surface area contributed by atoms with Gasteiger partial charge in [0.25, 0.3) is 5.56 Å². The molecule has 8 heteroatoms. The predicted molar refractivity (Wildman–Crippen MR) is 113 cm³/mol. The molecule has 4 aromatic rings. The quantitative estimate of drug-likeness (QED) is 0.375. The molecule has 7 nitrogen and oxygen atoms in total. The first-order valence-electron chi connectivity index (χ1n) is 9.11. The van der Waals surface area contributed by atoms with Gasteiger partial charge in [0, 0.05) is 11.4 Å². The van der Waals surface area contributed by atoms with Gasteiger partial charge in [0.15, 0.2) is 5.16 Å². The van der Waals surface area contributed by atoms with E-state index in [1.807, 2.05) is 44.2 Å². The molecule has 2 N–H and O–H groups in total. The summed E-state index contributed by atoms with van der Waals surface area (Å²) in [6.45, 7) is 4.09. The lowest BCUT2D eigenvalue weighted by atomic mass is 10.2. The Kier molecular flexibility index (Phi) is 5.26. The SMILES string of the molecule is Cc1cccc(NC(=O)CSc2nc3cc(C)[nH]c3c(=O)n2Cc2ccco2)c1. The Labute approximate surface area is 171 Å². The second-order valence-electron chi connectivity index (χ2n) is 6.78. The maximum Gasteiger partial charge on any atom is 0.278 e. The van der Waals surface area contributed by atoms with Gasteiger partial charge in [-0.2, -0.15) is 0 Å². The molecule has 0 aliphatic heterocycles. The second kappa shape index (κ2) is 8.00. The van der Waals surface area contributed by atoms with Crippen molar-refractivity contribution >= 4 is 34.4 Å². The van der Waals surface area contributed by atoms with Crippen LogP contribution in [0.5, 0.6) is 0 Å². The smallest absolute Gasteiger partial charge is 0.278 e. The lowest BCUT2D eigenvalue weighted by Gasteiger charge is -2.11. The number of aromatic nitrogens is 3. The molecule has 0 saturated heterocycles. The highest BCUT2D eigenvalue weighted by Crippen LogP contribution is 2.20. The monoisotopic (exact) mass is 408 g/mol. The highest BCUT2D eigenvalue weighted by Gasteiger charge is 2.16. The zero-order valence-corrected chi connectivity index (χ0v) is 16.9. The van der Waals surface area contributed by atoms with Gasteiger partial charge in [-0.25, -0.2) is 4.98 Å². The Morgan fingerprint density at radius 2 is 2.10 bits per heavy atom. The van der Waals surface area contributed by atoms with Crippen LogP contribution in [0.3, 0.4) is 0 Å². The van der Waals surface area contributed by atoms with E-state index in [4.69, 9.17) is 4.42 Å². The van der Waals surface area contributed by atoms with E-state index in [0.717, 1.165) is 16.9 Å². The number of aromatic amines is 1. The summed E-state index contributed by atoms with van der Waals surface area (Å²) in [4.78, 5) is 33.1. The van der Waals surface area contributed by atoms with Crippen molar-refractivity contribution in [2.45, 2.75) is 25.5 Å². The number of amides is 1. The van der Waals surface area contributed by atoms with E-state index in [1.54, 1.807) is 18.4 Å². The molecule has 0 spiro atoms. The van der Waals surface area contributed by atoms with Crippen LogP contribution in [-0.4, -0.2) is 26.2 Å². The molecule has 0 aliphatic rings. The van der Waals surface area contributed by atoms with Crippen LogP contribution in [0.15, 0.2) is 63.1 Å². The van der Waals surface area contributed by atoms with E-state index in [9.17, 15) is 9.59 Å². The number of fused-ring (bicyclic) bond motifs is 1. The van der Waals surface area contributed by atoms with E-state index in [2.05, 4.69) is 15.3 Å². The fourth-order valence-corrected chi connectivity index (χ4v) is 3.87. The lowest BCUT2D eigenvalue weighted by Crippen LogP contribution is -2.24. The zero-order valence-electron chi connectivity index (χ0n) is 16.1. The van der Waals surface area contributed by atoms with Gasteiger partial charge >= 0.3 is 0 Å². The lowest BCUT2D eigenvalue weighted by molar-refractivity contribution is -0.113. The standard InChI is InChI=1S/C21H20N4O3S/c1-13-5-3-6-15(9-13)23-18(26)12-29-21-24-17-10-14(2)22-19(17)20(27)25(21)11-16-7-4-8-28-16/h3-10,22H,11-12H2,1-2H3,(H,23,26). The molecule has 1 aromatic carbocycles. The summed E-state index contributed by atoms with van der Waals surface area (Å²) in [7, 11) is 0. The van der Waals surface area contributed by atoms with Gasteiger partial charge in [-0.3, -0.25) is 14.2 Å². The number of benzene rings is 1. The molecule has 29 heavy (non-hydrogen) atoms. The van der Waals surface area contributed by atoms with Gasteiger partial charge in [0.05, 0.1) is 24.1 Å². The largest absolute Gasteiger partial charge is 0.467 e. The Bertz CT molecular complexity index is 1220. The number of carbonyl (C=O) groups is 1. The average Bonchev–Trinajstić information content (AvgIpc) is 3.32. The average molecular weight is 408 g/mol. The van der Waals surface area contributed by atoms with Crippen molar-refractivity contribution in [3.8, 4) is 0 Å². The molecule has 0 radical (unpaired) electrons. The molecule has 0 aliphatic carbocycles. The molecular formula is C21H20N4O3S. The third kappa shape index (κ3) is 4.27. The number of carbonyl (C=O) groups excluding carboxylic acids is 1. The molecule has 148 valence electrons. The van der Waals surface area contributed by atoms with Crippen LogP contribution in [0.2, 0.25) is 0 Å². The van der Waals surface area contributed by atoms with Crippen LogP contribution >= 0.6 is 11.8 Å². The number of anilines is 1. The molecule has 3 heterocycles. The first kappa shape index (κ1) is 19.1. The molecule has 3 aromatic heterocycles. The Hall–Kier alpha value is -3.26. The van der Waals surface area contributed by atoms with Crippen LogP contribution in [0, 0.1) is 13.8 Å². The van der Waals surface area contributed by atoms with Crippen LogP contribution in [-0.2, 0) is 11.3 Å². The summed E-state index contributed by atoms with van der Waals surface area (Å²) in [6.07, 6.45) is 1.56. The highest BCUT2D eigenvalue weighted by atomic mass is 32.2. The molecular weight excluding hydrogens is 388 g/mol. The van der Waals surface area contributed by atoms with E-state index in [1.165, 1.54) is 16.3 Å². The molecule has 0 bridgehead atoms. The third-order valence-electron chi connectivity index (χ3n) is 4.37. The summed E-state index contributed by atoms with van der Waals surface area (Å²) in [6, 6.07) is 13.0. The number of aryl methyl sites for hydroxylation is 2. The van der Waals surface area contributed by atoms with Gasteiger partial charge in [0.1, 0.15) is 11.3 Å². The summed E-state index contributed by atoms with van der Waals surface area (Å²) in [5.41, 5.74) is 3.51. The van der Waals surface area contributed by atoms with Gasteiger partial charge in [-0.05, 0) is 49.7 Å². The van der Waals surface area contributed by atoms with Gasteiger partial charge in [0.2, 0.25) is 5.91 Å². The van der Waals surface area contributed by atoms with Gasteiger partial charge < -0.3 is 14.7 Å². The van der Waals surface area contributed by atoms with E-state index >= 15 is 0 Å². The van der Waals surface area contributed by atoms with Crippen LogP contribution in [0.25, 0.3) is 11.0 Å². The van der Waals surface area contributed by atoms with Crippen molar-refractivity contribution in [1.82, 2.24) is 14.5 Å². The summed E-state index contributed by atoms with van der Waals surface area (Å²) in [5, 5.41) is 3.34. The fourth-order valence-electron chi connectivity index (χ4n) is 3.07. The highest BCUT2D eigenvalue weighted by molar-refractivity contribution is 7.99. The number of furan rings is 1. The normalized spacial score (nSPS) is 11.1. The molecule has 0 fully saturated rings. The van der Waals surface area contributed by atoms with Crippen LogP contribution in [0.4, 0.5) is 5.69 Å². The number of thioether (sulfide) groups is 1. The molecule has 0 saturated carbocycles. The molecule has 0 atom stereocenters. The van der Waals surface area contributed by atoms with E-state index in [-0.39, 0.29) is 23.8 Å². The molecule has 1 amide bonds. The topological polar surface area (TPSA) is 92.9 Å². The van der Waals surface area contributed by atoms with Crippen LogP contribution in [0.1, 0.15) is 17.0 Å². The minimum absolute atomic E-state index is 0.132. The number of hydrogen-bond acceptors (Lipinski definition) is 5. The molecule has 4 rings (SSSR count). The molecule has 0 unspecified atom stereocenters. The van der Waals surface area contributed by atoms with Gasteiger partial charge in [-0.15, -0.1) is 0 Å². The summed E-state index contributed by atoms with van der Waals surface area (Å²) < 4.78 is 6.92. The first-order chi connectivity index (χ1) is 14.0. The fraction of sp³-hybridized carbons (Fsp3) is 0.190. The Morgan fingerprint density at radius 3 is 2.86 bits per heavy atom. The number of rotatable bonds is 6. The summed E-state index contributed by atoms with van der Waals surface area (Å²) >= 11 is 1.22. The van der Waals surface area contributed by atoms with Crippen molar-refractivity contribution in [3.63, 3.8) is 0 Å². The number of hydrogen-bond donors (Lipinski definition) is 2. The number of nitrogens with zero attached hydrogens (tertiary/aromatic N) is 2. The van der Waals surface area contributed by atoms with Crippen molar-refractivity contribution in [1.29, 1.82) is 0 Å². The summed E-state index contributed by atoms with van der Waals surface area (Å²) in [5.74, 6) is 0.611. The third-order valence-corrected chi connectivity index (χ3v) is 5.34. The predicted octanol–water partition coefficient (Wildman–Crippen LogP) is 3.71. The van der Waals surface area contributed by atoms with E-state index in [0.29, 0.717) is 22.0 Å². The van der Waals surface area contributed by atoms with Crippen molar-refractivity contribution in [2.75, 3.05) is 11.1 Å². The second-order valence-corrected chi connectivity index (χ2v) is 7.73. The maximum absolute atomic E-state index is 13.0. The zero-order chi connectivity index (χ0) is 20.4. The minimum Gasteiger partial charge on any atom is -0.467 e. The Morgan fingerprint density at radius 1 is 1.24 bits per heavy atom. The van der Waals surface area contributed by atoms with Crippen molar-refractivity contribution in [3.05, 3.63) is 76.1 Å². The first-order valence-corrected chi connectivity index (χ1v) is 10.1. The Balaban J connectivity index is 1.59. The van der Waals surface area contributed by atoms with Crippen molar-refractivity contribution < 1.29 is 9.21 Å². The maximum atomic E-state index is 13.0. The van der Waals surface area contributed by atoms with Crippen molar-refractivity contribution in [2.24, 2.45) is 0 Å². The number of H-pyrrole nitrogens is 1. The minimum atomic E-state index is -0.193.